The summed E-state index contributed by atoms with van der Waals surface area (Å²) in [5.74, 6) is 0.122. The van der Waals surface area contributed by atoms with Gasteiger partial charge in [-0.05, 0) is 44.5 Å². The number of amides is 2. The lowest BCUT2D eigenvalue weighted by molar-refractivity contribution is -0.126. The number of fused-ring (bicyclic) bond motifs is 1. The second-order valence-electron chi connectivity index (χ2n) is 8.77. The van der Waals surface area contributed by atoms with Crippen LogP contribution in [0.2, 0.25) is 0 Å². The lowest BCUT2D eigenvalue weighted by Crippen LogP contribution is -2.49. The van der Waals surface area contributed by atoms with Crippen molar-refractivity contribution in [1.82, 2.24) is 15.1 Å². The third-order valence-electron chi connectivity index (χ3n) is 6.62. The zero-order chi connectivity index (χ0) is 21.8. The Bertz CT molecular complexity index is 899. The molecule has 164 valence electrons. The number of carbonyl (C=O) groups is 2. The van der Waals surface area contributed by atoms with Crippen molar-refractivity contribution in [2.24, 2.45) is 0 Å². The lowest BCUT2D eigenvalue weighted by atomic mass is 10.0. The highest BCUT2D eigenvalue weighted by molar-refractivity contribution is 5.90. The summed E-state index contributed by atoms with van der Waals surface area (Å²) in [5.41, 5.74) is 3.30. The van der Waals surface area contributed by atoms with Crippen molar-refractivity contribution in [2.75, 3.05) is 25.5 Å². The summed E-state index contributed by atoms with van der Waals surface area (Å²) in [7, 11) is 2.10. The van der Waals surface area contributed by atoms with E-state index in [1.54, 1.807) is 0 Å². The Kier molecular flexibility index (Phi) is 6.68. The van der Waals surface area contributed by atoms with E-state index in [1.165, 1.54) is 11.1 Å². The minimum absolute atomic E-state index is 0.0131. The topological polar surface area (TPSA) is 64.7 Å². The van der Waals surface area contributed by atoms with Crippen LogP contribution in [0.4, 0.5) is 5.69 Å². The third-order valence-corrected chi connectivity index (χ3v) is 6.62. The van der Waals surface area contributed by atoms with Gasteiger partial charge in [-0.1, -0.05) is 48.0 Å². The number of carbonyl (C=O) groups excluding carboxylic acids is 2. The molecule has 2 fully saturated rings. The second-order valence-corrected chi connectivity index (χ2v) is 8.77. The molecule has 2 aliphatic rings. The Morgan fingerprint density at radius 3 is 2.61 bits per heavy atom. The van der Waals surface area contributed by atoms with Gasteiger partial charge in [0.15, 0.2) is 0 Å². The largest absolute Gasteiger partial charge is 0.353 e. The number of hydrogen-bond donors (Lipinski definition) is 2. The minimum Gasteiger partial charge on any atom is -0.353 e. The van der Waals surface area contributed by atoms with Crippen molar-refractivity contribution < 1.29 is 9.59 Å². The summed E-state index contributed by atoms with van der Waals surface area (Å²) < 4.78 is 0. The zero-order valence-electron chi connectivity index (χ0n) is 18.4. The number of likely N-dealkylation sites (N-methyl/N-ethyl adjacent to an activating group) is 1. The average molecular weight is 421 g/mol. The molecule has 3 unspecified atom stereocenters. The summed E-state index contributed by atoms with van der Waals surface area (Å²) in [6.07, 6.45) is 2.12. The summed E-state index contributed by atoms with van der Waals surface area (Å²) in [6.45, 7) is 4.36. The van der Waals surface area contributed by atoms with Crippen molar-refractivity contribution in [3.8, 4) is 0 Å². The Balaban J connectivity index is 1.36. The van der Waals surface area contributed by atoms with E-state index in [2.05, 4.69) is 58.7 Å². The number of hydrogen-bond acceptors (Lipinski definition) is 4. The highest BCUT2D eigenvalue weighted by Gasteiger charge is 2.44. The van der Waals surface area contributed by atoms with E-state index < -0.39 is 0 Å². The molecular formula is C25H32N4O2. The summed E-state index contributed by atoms with van der Waals surface area (Å²) in [4.78, 5) is 30.0. The van der Waals surface area contributed by atoms with E-state index in [-0.39, 0.29) is 29.9 Å². The van der Waals surface area contributed by atoms with Gasteiger partial charge in [-0.25, -0.2) is 0 Å². The van der Waals surface area contributed by atoms with Crippen LogP contribution < -0.4 is 10.6 Å². The fourth-order valence-electron chi connectivity index (χ4n) is 4.80. The van der Waals surface area contributed by atoms with Gasteiger partial charge in [0.2, 0.25) is 11.8 Å². The van der Waals surface area contributed by atoms with Crippen molar-refractivity contribution in [3.63, 3.8) is 0 Å². The Morgan fingerprint density at radius 1 is 1.13 bits per heavy atom. The first-order chi connectivity index (χ1) is 15.0. The van der Waals surface area contributed by atoms with Crippen LogP contribution in [0.3, 0.4) is 0 Å². The number of rotatable bonds is 6. The van der Waals surface area contributed by atoms with Crippen LogP contribution in [0.25, 0.3) is 0 Å². The van der Waals surface area contributed by atoms with E-state index in [0.29, 0.717) is 13.0 Å². The zero-order valence-corrected chi connectivity index (χ0v) is 18.4. The maximum absolute atomic E-state index is 13.0. The molecule has 4 rings (SSSR count). The molecule has 2 heterocycles. The van der Waals surface area contributed by atoms with Crippen LogP contribution in [-0.2, 0) is 16.1 Å². The molecule has 31 heavy (non-hydrogen) atoms. The van der Waals surface area contributed by atoms with Gasteiger partial charge in [0, 0.05) is 43.8 Å². The average Bonchev–Trinajstić information content (AvgIpc) is 3.14. The van der Waals surface area contributed by atoms with Gasteiger partial charge >= 0.3 is 0 Å². The molecule has 2 aliphatic heterocycles. The molecule has 0 aromatic heterocycles. The first-order valence-corrected chi connectivity index (χ1v) is 11.2. The molecule has 2 N–H and O–H groups in total. The van der Waals surface area contributed by atoms with Gasteiger partial charge in [0.25, 0.3) is 0 Å². The van der Waals surface area contributed by atoms with Crippen LogP contribution in [-0.4, -0.2) is 59.9 Å². The number of benzene rings is 2. The van der Waals surface area contributed by atoms with Crippen LogP contribution in [0, 0.1) is 6.92 Å². The molecule has 2 aromatic rings. The Hall–Kier alpha value is -2.70. The molecular weight excluding hydrogens is 388 g/mol. The second kappa shape index (κ2) is 9.62. The molecule has 2 saturated heterocycles. The van der Waals surface area contributed by atoms with Crippen LogP contribution in [0.15, 0.2) is 54.6 Å². The normalized spacial score (nSPS) is 24.3. The van der Waals surface area contributed by atoms with Gasteiger partial charge in [-0.2, -0.15) is 0 Å². The maximum atomic E-state index is 13.0. The smallest absolute Gasteiger partial charge is 0.239 e. The van der Waals surface area contributed by atoms with Crippen LogP contribution in [0.5, 0.6) is 0 Å². The van der Waals surface area contributed by atoms with E-state index in [4.69, 9.17) is 0 Å². The molecule has 3 atom stereocenters. The van der Waals surface area contributed by atoms with E-state index in [0.717, 1.165) is 31.6 Å². The molecule has 6 nitrogen and oxygen atoms in total. The fourth-order valence-corrected chi connectivity index (χ4v) is 4.80. The number of nitrogens with one attached hydrogen (secondary N) is 2. The third kappa shape index (κ3) is 5.14. The summed E-state index contributed by atoms with van der Waals surface area (Å²) in [5, 5.41) is 6.09. The molecule has 6 heteroatoms. The predicted molar refractivity (Wildman–Crippen MR) is 123 cm³/mol. The van der Waals surface area contributed by atoms with Gasteiger partial charge in [-0.15, -0.1) is 0 Å². The van der Waals surface area contributed by atoms with Crippen molar-refractivity contribution in [1.29, 1.82) is 0 Å². The molecule has 0 bridgehead atoms. The first-order valence-electron chi connectivity index (χ1n) is 11.2. The molecule has 0 aliphatic carbocycles. The minimum atomic E-state index is -0.144. The Labute approximate surface area is 184 Å². The van der Waals surface area contributed by atoms with Gasteiger partial charge in [0.05, 0.1) is 0 Å². The van der Waals surface area contributed by atoms with Crippen LogP contribution in [0.1, 0.15) is 30.4 Å². The van der Waals surface area contributed by atoms with Gasteiger partial charge in [-0.3, -0.25) is 19.4 Å². The predicted octanol–water partition coefficient (Wildman–Crippen LogP) is 2.79. The SMILES string of the molecule is Cc1ccc(CN2CCC3C2C(=O)NCC(CCC(=O)Nc2ccccc2)N3C)cc1. The number of anilines is 1. The summed E-state index contributed by atoms with van der Waals surface area (Å²) in [6, 6.07) is 18.3. The molecule has 2 aromatic carbocycles. The highest BCUT2D eigenvalue weighted by atomic mass is 16.2. The van der Waals surface area contributed by atoms with Crippen molar-refractivity contribution in [3.05, 3.63) is 65.7 Å². The number of aryl methyl sites for hydroxylation is 1. The lowest BCUT2D eigenvalue weighted by Gasteiger charge is -2.33. The Morgan fingerprint density at radius 2 is 1.87 bits per heavy atom. The van der Waals surface area contributed by atoms with Gasteiger partial charge in [0.1, 0.15) is 6.04 Å². The highest BCUT2D eigenvalue weighted by Crippen LogP contribution is 2.28. The van der Waals surface area contributed by atoms with Crippen molar-refractivity contribution in [2.45, 2.75) is 50.9 Å². The van der Waals surface area contributed by atoms with Gasteiger partial charge < -0.3 is 10.6 Å². The molecule has 0 saturated carbocycles. The fraction of sp³-hybridized carbons (Fsp3) is 0.440. The number of likely N-dealkylation sites (tertiary alicyclic amines) is 1. The number of nitrogens with zero attached hydrogens (tertiary/aromatic N) is 2. The van der Waals surface area contributed by atoms with E-state index in [9.17, 15) is 9.59 Å². The molecule has 0 spiro atoms. The quantitative estimate of drug-likeness (QED) is 0.754. The first kappa shape index (κ1) is 21.5. The standard InChI is InChI=1S/C25H32N4O2/c1-18-8-10-19(11-9-18)17-29-15-14-22-24(29)25(31)26-16-21(28(22)2)12-13-23(30)27-20-6-4-3-5-7-20/h3-11,21-22,24H,12-17H2,1-2H3,(H,26,31)(H,27,30). The van der Waals surface area contributed by atoms with Crippen LogP contribution >= 0.6 is 0 Å². The molecule has 0 radical (unpaired) electrons. The number of para-hydroxylation sites is 1. The maximum Gasteiger partial charge on any atom is 0.239 e. The monoisotopic (exact) mass is 420 g/mol. The summed E-state index contributed by atoms with van der Waals surface area (Å²) >= 11 is 0. The van der Waals surface area contributed by atoms with Crippen molar-refractivity contribution >= 4 is 17.5 Å². The molecule has 2 amide bonds. The van der Waals surface area contributed by atoms with E-state index in [1.807, 2.05) is 30.3 Å². The van der Waals surface area contributed by atoms with E-state index >= 15 is 0 Å².